The minimum atomic E-state index is -5.27. The van der Waals surface area contributed by atoms with Gasteiger partial charge in [0.25, 0.3) is 0 Å². The molecule has 4 nitrogen and oxygen atoms in total. The third-order valence-electron chi connectivity index (χ3n) is 3.43. The molecular weight excluding hydrogens is 330 g/mol. The number of amides is 2. The smallest absolute Gasteiger partial charge is 0.284 e. The first-order chi connectivity index (χ1) is 10.3. The van der Waals surface area contributed by atoms with Gasteiger partial charge in [-0.1, -0.05) is 0 Å². The Labute approximate surface area is 126 Å². The molecule has 1 aromatic rings. The van der Waals surface area contributed by atoms with Crippen LogP contribution in [0.5, 0.6) is 0 Å². The topological polar surface area (TPSA) is 40.6 Å². The summed E-state index contributed by atoms with van der Waals surface area (Å²) in [5, 5.41) is 0. The molecule has 2 rings (SSSR count). The number of carbonyl (C=O) groups is 2. The molecule has 0 bridgehead atoms. The van der Waals surface area contributed by atoms with E-state index in [9.17, 15) is 35.9 Å². The van der Waals surface area contributed by atoms with Crippen molar-refractivity contribution in [3.8, 4) is 0 Å². The van der Waals surface area contributed by atoms with Crippen LogP contribution in [0.15, 0.2) is 12.1 Å². The standard InChI is InChI=1S/C13H10F6N2O2/c1-6-3-8-9(4-7(6)2)21(11(23)13(17,18)19)5-20(8)10(22)12(14,15)16/h3-4H,5H2,1-2H3. The minimum Gasteiger partial charge on any atom is -0.284 e. The van der Waals surface area contributed by atoms with Crippen LogP contribution in [0.2, 0.25) is 0 Å². The first-order valence-corrected chi connectivity index (χ1v) is 6.22. The Hall–Kier alpha value is -2.26. The van der Waals surface area contributed by atoms with Crippen LogP contribution in [0.25, 0.3) is 0 Å². The molecule has 0 atom stereocenters. The second kappa shape index (κ2) is 5.14. The normalized spacial score (nSPS) is 15.0. The van der Waals surface area contributed by atoms with Gasteiger partial charge < -0.3 is 0 Å². The number of fused-ring (bicyclic) bond motifs is 1. The number of carbonyl (C=O) groups excluding carboxylic acids is 2. The Bertz CT molecular complexity index is 623. The highest BCUT2D eigenvalue weighted by atomic mass is 19.4. The lowest BCUT2D eigenvalue weighted by Gasteiger charge is -2.20. The molecule has 2 amide bonds. The van der Waals surface area contributed by atoms with Gasteiger partial charge in [-0.2, -0.15) is 26.3 Å². The van der Waals surface area contributed by atoms with Crippen molar-refractivity contribution in [3.63, 3.8) is 0 Å². The second-order valence-electron chi connectivity index (χ2n) is 5.03. The van der Waals surface area contributed by atoms with E-state index in [2.05, 4.69) is 0 Å². The first kappa shape index (κ1) is 17.1. The quantitative estimate of drug-likeness (QED) is 0.681. The summed E-state index contributed by atoms with van der Waals surface area (Å²) in [6.07, 6.45) is -10.5. The van der Waals surface area contributed by atoms with Crippen molar-refractivity contribution >= 4 is 23.2 Å². The fourth-order valence-corrected chi connectivity index (χ4v) is 2.17. The zero-order valence-corrected chi connectivity index (χ0v) is 11.8. The predicted octanol–water partition coefficient (Wildman–Crippen LogP) is 3.07. The summed E-state index contributed by atoms with van der Waals surface area (Å²) >= 11 is 0. The molecule has 0 aliphatic carbocycles. The van der Waals surface area contributed by atoms with E-state index >= 15 is 0 Å². The maximum atomic E-state index is 12.6. The SMILES string of the molecule is Cc1cc2c(cc1C)N(C(=O)C(F)(F)F)CN2C(=O)C(F)(F)F. The summed E-state index contributed by atoms with van der Waals surface area (Å²) in [5.41, 5.74) is 0.191. The van der Waals surface area contributed by atoms with Crippen LogP contribution < -0.4 is 9.80 Å². The van der Waals surface area contributed by atoms with Gasteiger partial charge in [-0.05, 0) is 37.1 Å². The van der Waals surface area contributed by atoms with E-state index in [0.29, 0.717) is 11.1 Å². The molecular formula is C13H10F6N2O2. The Kier molecular flexibility index (Phi) is 3.82. The van der Waals surface area contributed by atoms with E-state index in [1.807, 2.05) is 0 Å². The van der Waals surface area contributed by atoms with Gasteiger partial charge in [0.15, 0.2) is 0 Å². The highest BCUT2D eigenvalue weighted by molar-refractivity contribution is 6.10. The van der Waals surface area contributed by atoms with E-state index in [1.165, 1.54) is 13.8 Å². The minimum absolute atomic E-state index is 0.116. The van der Waals surface area contributed by atoms with Crippen molar-refractivity contribution in [2.75, 3.05) is 16.5 Å². The van der Waals surface area contributed by atoms with Crippen molar-refractivity contribution in [1.29, 1.82) is 0 Å². The van der Waals surface area contributed by atoms with Crippen LogP contribution in [-0.4, -0.2) is 30.8 Å². The summed E-state index contributed by atoms with van der Waals surface area (Å²) < 4.78 is 75.7. The Morgan fingerprint density at radius 2 is 1.13 bits per heavy atom. The number of nitrogens with zero attached hydrogens (tertiary/aromatic N) is 2. The van der Waals surface area contributed by atoms with Crippen molar-refractivity contribution in [2.45, 2.75) is 26.2 Å². The highest BCUT2D eigenvalue weighted by Gasteiger charge is 2.51. The molecule has 1 aliphatic heterocycles. The average molecular weight is 340 g/mol. The van der Waals surface area contributed by atoms with Crippen molar-refractivity contribution in [2.24, 2.45) is 0 Å². The Balaban J connectivity index is 2.56. The van der Waals surface area contributed by atoms with Crippen LogP contribution >= 0.6 is 0 Å². The lowest BCUT2D eigenvalue weighted by molar-refractivity contribution is -0.172. The summed E-state index contributed by atoms with van der Waals surface area (Å²) in [4.78, 5) is 23.1. The number of alkyl halides is 6. The predicted molar refractivity (Wildman–Crippen MR) is 67.9 cm³/mol. The molecule has 0 saturated heterocycles. The number of hydrogen-bond acceptors (Lipinski definition) is 2. The molecule has 10 heteroatoms. The average Bonchev–Trinajstić information content (AvgIpc) is 2.74. The van der Waals surface area contributed by atoms with Gasteiger partial charge in [0.2, 0.25) is 0 Å². The van der Waals surface area contributed by atoms with E-state index in [0.717, 1.165) is 12.1 Å². The van der Waals surface area contributed by atoms with Gasteiger partial charge in [0.1, 0.15) is 6.67 Å². The van der Waals surface area contributed by atoms with Gasteiger partial charge in [-0.3, -0.25) is 19.4 Å². The highest BCUT2D eigenvalue weighted by Crippen LogP contribution is 2.41. The Morgan fingerprint density at radius 3 is 1.39 bits per heavy atom. The monoisotopic (exact) mass is 340 g/mol. The van der Waals surface area contributed by atoms with Gasteiger partial charge in [0.05, 0.1) is 11.4 Å². The molecule has 126 valence electrons. The third kappa shape index (κ3) is 2.97. The number of rotatable bonds is 0. The molecule has 0 fully saturated rings. The molecule has 0 aromatic heterocycles. The van der Waals surface area contributed by atoms with Crippen molar-refractivity contribution < 1.29 is 35.9 Å². The van der Waals surface area contributed by atoms with E-state index in [4.69, 9.17) is 0 Å². The zero-order chi connectivity index (χ0) is 17.7. The lowest BCUT2D eigenvalue weighted by atomic mass is 10.1. The largest absolute Gasteiger partial charge is 0.471 e. The van der Waals surface area contributed by atoms with E-state index in [-0.39, 0.29) is 21.2 Å². The summed E-state index contributed by atoms with van der Waals surface area (Å²) in [5.74, 6) is -4.67. The van der Waals surface area contributed by atoms with Crippen molar-refractivity contribution in [1.82, 2.24) is 0 Å². The van der Waals surface area contributed by atoms with Crippen LogP contribution in [0, 0.1) is 13.8 Å². The fraction of sp³-hybridized carbons (Fsp3) is 0.385. The first-order valence-electron chi connectivity index (χ1n) is 6.22. The fourth-order valence-electron chi connectivity index (χ4n) is 2.17. The zero-order valence-electron chi connectivity index (χ0n) is 11.8. The number of hydrogen-bond donors (Lipinski definition) is 0. The van der Waals surface area contributed by atoms with Crippen LogP contribution in [0.3, 0.4) is 0 Å². The third-order valence-corrected chi connectivity index (χ3v) is 3.43. The molecule has 1 aliphatic rings. The number of halogens is 6. The molecule has 0 N–H and O–H groups in total. The van der Waals surface area contributed by atoms with Crippen LogP contribution in [-0.2, 0) is 9.59 Å². The van der Waals surface area contributed by atoms with E-state index < -0.39 is 30.8 Å². The second-order valence-corrected chi connectivity index (χ2v) is 5.03. The van der Waals surface area contributed by atoms with Crippen LogP contribution in [0.4, 0.5) is 37.7 Å². The number of anilines is 2. The lowest BCUT2D eigenvalue weighted by Crippen LogP contribution is -2.47. The molecule has 0 saturated carbocycles. The summed E-state index contributed by atoms with van der Waals surface area (Å²) in [6.45, 7) is 1.91. The van der Waals surface area contributed by atoms with Gasteiger partial charge in [0, 0.05) is 0 Å². The summed E-state index contributed by atoms with van der Waals surface area (Å²) in [7, 11) is 0. The van der Waals surface area contributed by atoms with Crippen LogP contribution in [0.1, 0.15) is 11.1 Å². The van der Waals surface area contributed by atoms with Crippen molar-refractivity contribution in [3.05, 3.63) is 23.3 Å². The molecule has 0 spiro atoms. The van der Waals surface area contributed by atoms with E-state index in [1.54, 1.807) is 0 Å². The van der Waals surface area contributed by atoms with Gasteiger partial charge >= 0.3 is 24.2 Å². The molecule has 23 heavy (non-hydrogen) atoms. The molecule has 1 aromatic carbocycles. The molecule has 0 radical (unpaired) electrons. The number of benzene rings is 1. The maximum absolute atomic E-state index is 12.6. The van der Waals surface area contributed by atoms with Gasteiger partial charge in [-0.15, -0.1) is 0 Å². The molecule has 1 heterocycles. The maximum Gasteiger partial charge on any atom is 0.471 e. The van der Waals surface area contributed by atoms with Gasteiger partial charge in [-0.25, -0.2) is 0 Å². The summed E-state index contributed by atoms with van der Waals surface area (Å²) in [6, 6.07) is 2.30. The molecule has 0 unspecified atom stereocenters. The Morgan fingerprint density at radius 1 is 0.826 bits per heavy atom. The number of aryl methyl sites for hydroxylation is 2.